The van der Waals surface area contributed by atoms with Crippen LogP contribution in [0.25, 0.3) is 10.9 Å². The lowest BCUT2D eigenvalue weighted by atomic mass is 10.0. The van der Waals surface area contributed by atoms with E-state index in [0.717, 1.165) is 16.8 Å². The van der Waals surface area contributed by atoms with Crippen LogP contribution in [0.5, 0.6) is 0 Å². The smallest absolute Gasteiger partial charge is 0.251 e. The molecule has 0 radical (unpaired) electrons. The summed E-state index contributed by atoms with van der Waals surface area (Å²) < 4.78 is 0. The van der Waals surface area contributed by atoms with Crippen molar-refractivity contribution in [3.05, 3.63) is 94.1 Å². The number of nitrogens with zero attached hydrogens (tertiary/aromatic N) is 5. The number of pyridine rings is 3. The Labute approximate surface area is 190 Å². The molecule has 1 amide bonds. The molecule has 8 nitrogen and oxygen atoms in total. The predicted molar refractivity (Wildman–Crippen MR) is 123 cm³/mol. The molecule has 3 aromatic heterocycles. The van der Waals surface area contributed by atoms with Crippen molar-refractivity contribution in [3.8, 4) is 12.1 Å². The van der Waals surface area contributed by atoms with Crippen LogP contribution in [-0.4, -0.2) is 20.9 Å². The molecule has 0 fully saturated rings. The van der Waals surface area contributed by atoms with Crippen LogP contribution in [-0.2, 0) is 13.0 Å². The Morgan fingerprint density at radius 1 is 1.09 bits per heavy atom. The fraction of sp³-hybridized carbons (Fsp3) is 0.120. The molecule has 3 heterocycles. The molecule has 8 heteroatoms. The Morgan fingerprint density at radius 2 is 1.94 bits per heavy atom. The molecule has 0 atom stereocenters. The van der Waals surface area contributed by atoms with Gasteiger partial charge >= 0.3 is 0 Å². The van der Waals surface area contributed by atoms with Crippen LogP contribution in [0.2, 0.25) is 0 Å². The van der Waals surface area contributed by atoms with E-state index in [9.17, 15) is 10.1 Å². The summed E-state index contributed by atoms with van der Waals surface area (Å²) in [7, 11) is 0. The third-order valence-electron chi connectivity index (χ3n) is 5.21. The van der Waals surface area contributed by atoms with Gasteiger partial charge in [-0.15, -0.1) is 0 Å². The lowest BCUT2D eigenvalue weighted by Crippen LogP contribution is -2.23. The van der Waals surface area contributed by atoms with Gasteiger partial charge in [-0.2, -0.15) is 10.5 Å². The van der Waals surface area contributed by atoms with Crippen molar-refractivity contribution >= 4 is 22.6 Å². The van der Waals surface area contributed by atoms with Crippen molar-refractivity contribution in [2.75, 3.05) is 5.73 Å². The number of hydrogen-bond donors (Lipinski definition) is 2. The molecule has 0 bridgehead atoms. The number of carbonyl (C=O) groups is 1. The van der Waals surface area contributed by atoms with Gasteiger partial charge in [0.2, 0.25) is 0 Å². The van der Waals surface area contributed by atoms with Crippen molar-refractivity contribution in [1.82, 2.24) is 20.3 Å². The molecule has 0 aliphatic heterocycles. The zero-order valence-corrected chi connectivity index (χ0v) is 17.8. The monoisotopic (exact) mass is 433 g/mol. The van der Waals surface area contributed by atoms with Gasteiger partial charge in [0.05, 0.1) is 16.6 Å². The topological polar surface area (TPSA) is 141 Å². The molecular weight excluding hydrogens is 414 g/mol. The summed E-state index contributed by atoms with van der Waals surface area (Å²) in [5.74, 6) is 0.211. The van der Waals surface area contributed by atoms with Crippen molar-refractivity contribution in [2.24, 2.45) is 0 Å². The van der Waals surface area contributed by atoms with Gasteiger partial charge in [0.1, 0.15) is 18.0 Å². The number of aryl methyl sites for hydroxylation is 1. The number of nitrogen functional groups attached to an aromatic ring is 1. The molecule has 0 unspecified atom stereocenters. The zero-order chi connectivity index (χ0) is 23.4. The highest BCUT2D eigenvalue weighted by molar-refractivity contribution is 5.94. The first-order valence-electron chi connectivity index (χ1n) is 10.1. The minimum Gasteiger partial charge on any atom is -0.384 e. The Balaban J connectivity index is 1.54. The van der Waals surface area contributed by atoms with Crippen LogP contribution in [0.4, 0.5) is 5.82 Å². The fourth-order valence-corrected chi connectivity index (χ4v) is 3.56. The number of amides is 1. The van der Waals surface area contributed by atoms with Crippen molar-refractivity contribution in [1.29, 1.82) is 10.5 Å². The summed E-state index contributed by atoms with van der Waals surface area (Å²) in [4.78, 5) is 25.5. The largest absolute Gasteiger partial charge is 0.384 e. The van der Waals surface area contributed by atoms with E-state index >= 15 is 0 Å². The van der Waals surface area contributed by atoms with E-state index in [4.69, 9.17) is 11.0 Å². The number of fused-ring (bicyclic) bond motifs is 1. The van der Waals surface area contributed by atoms with E-state index in [1.54, 1.807) is 36.5 Å². The van der Waals surface area contributed by atoms with E-state index in [1.807, 2.05) is 19.1 Å². The minimum atomic E-state index is -0.228. The average Bonchev–Trinajstić information content (AvgIpc) is 2.82. The van der Waals surface area contributed by atoms with Crippen LogP contribution in [0, 0.1) is 29.6 Å². The number of hydrogen-bond acceptors (Lipinski definition) is 7. The van der Waals surface area contributed by atoms with Crippen LogP contribution < -0.4 is 11.1 Å². The number of nitrogens with one attached hydrogen (secondary N) is 1. The number of anilines is 1. The molecular formula is C25H19N7O. The lowest BCUT2D eigenvalue weighted by molar-refractivity contribution is 0.0950. The number of benzene rings is 1. The van der Waals surface area contributed by atoms with Gasteiger partial charge < -0.3 is 11.1 Å². The lowest BCUT2D eigenvalue weighted by Gasteiger charge is -2.09. The van der Waals surface area contributed by atoms with E-state index < -0.39 is 0 Å². The average molecular weight is 433 g/mol. The molecule has 3 N–H and O–H groups in total. The van der Waals surface area contributed by atoms with E-state index in [-0.39, 0.29) is 5.91 Å². The number of rotatable bonds is 5. The standard InChI is InChI=1S/C25H19N7O/c1-15-19(2-3-23(28)32-15)14-31-25(33)18-4-5-29-22(10-18)9-16-6-20-8-17(11-26)13-30-24(20)21(7-16)12-27/h2-8,10,13H,9,14H2,1H3,(H2,28,32)(H,31,33). The Kier molecular flexibility index (Phi) is 5.92. The third kappa shape index (κ3) is 4.76. The summed E-state index contributed by atoms with van der Waals surface area (Å²) >= 11 is 0. The van der Waals surface area contributed by atoms with Crippen LogP contribution in [0.15, 0.2) is 54.9 Å². The second-order valence-corrected chi connectivity index (χ2v) is 7.54. The van der Waals surface area contributed by atoms with Crippen LogP contribution in [0.1, 0.15) is 44.0 Å². The number of nitrogens with two attached hydrogens (primary N) is 1. The van der Waals surface area contributed by atoms with E-state index in [0.29, 0.717) is 52.1 Å². The van der Waals surface area contributed by atoms with Gasteiger partial charge in [-0.1, -0.05) is 6.07 Å². The van der Waals surface area contributed by atoms with Crippen molar-refractivity contribution < 1.29 is 4.79 Å². The van der Waals surface area contributed by atoms with Crippen molar-refractivity contribution in [2.45, 2.75) is 19.9 Å². The summed E-state index contributed by atoms with van der Waals surface area (Å²) in [6.07, 6.45) is 3.46. The first-order valence-corrected chi connectivity index (χ1v) is 10.1. The van der Waals surface area contributed by atoms with Gasteiger partial charge in [0, 0.05) is 47.7 Å². The maximum absolute atomic E-state index is 12.7. The number of carbonyl (C=O) groups excluding carboxylic acids is 1. The summed E-state index contributed by atoms with van der Waals surface area (Å²) in [5, 5.41) is 22.3. The van der Waals surface area contributed by atoms with Crippen LogP contribution in [0.3, 0.4) is 0 Å². The van der Waals surface area contributed by atoms with E-state index in [1.165, 1.54) is 6.20 Å². The molecule has 0 aliphatic rings. The molecule has 0 saturated heterocycles. The highest BCUT2D eigenvalue weighted by Crippen LogP contribution is 2.22. The maximum atomic E-state index is 12.7. The minimum absolute atomic E-state index is 0.228. The van der Waals surface area contributed by atoms with E-state index in [2.05, 4.69) is 32.4 Å². The number of nitriles is 2. The van der Waals surface area contributed by atoms with Gasteiger partial charge in [-0.3, -0.25) is 14.8 Å². The molecule has 1 aromatic carbocycles. The Hall–Kier alpha value is -4.82. The summed E-state index contributed by atoms with van der Waals surface area (Å²) in [6.45, 7) is 2.18. The summed E-state index contributed by atoms with van der Waals surface area (Å²) in [6, 6.07) is 16.5. The molecule has 160 valence electrons. The Morgan fingerprint density at radius 3 is 2.70 bits per heavy atom. The van der Waals surface area contributed by atoms with Gasteiger partial charge in [0.15, 0.2) is 0 Å². The number of aromatic nitrogens is 3. The molecule has 0 saturated carbocycles. The predicted octanol–water partition coefficient (Wildman–Crippen LogP) is 3.18. The highest BCUT2D eigenvalue weighted by atomic mass is 16.1. The first-order chi connectivity index (χ1) is 16.0. The SMILES string of the molecule is Cc1nc(N)ccc1CNC(=O)c1ccnc(Cc2cc(C#N)c3ncc(C#N)cc3c2)c1. The zero-order valence-electron chi connectivity index (χ0n) is 17.8. The second-order valence-electron chi connectivity index (χ2n) is 7.54. The van der Waals surface area contributed by atoms with Crippen molar-refractivity contribution in [3.63, 3.8) is 0 Å². The maximum Gasteiger partial charge on any atom is 0.251 e. The molecule has 4 rings (SSSR count). The normalized spacial score (nSPS) is 10.4. The first kappa shape index (κ1) is 21.4. The van der Waals surface area contributed by atoms with Crippen LogP contribution >= 0.6 is 0 Å². The molecule has 0 aliphatic carbocycles. The fourth-order valence-electron chi connectivity index (χ4n) is 3.56. The molecule has 33 heavy (non-hydrogen) atoms. The second kappa shape index (κ2) is 9.13. The third-order valence-corrected chi connectivity index (χ3v) is 5.21. The van der Waals surface area contributed by atoms with Gasteiger partial charge in [0.25, 0.3) is 5.91 Å². The molecule has 0 spiro atoms. The Bertz CT molecular complexity index is 1460. The highest BCUT2D eigenvalue weighted by Gasteiger charge is 2.11. The summed E-state index contributed by atoms with van der Waals surface area (Å²) in [5.41, 5.74) is 10.7. The molecule has 4 aromatic rings. The van der Waals surface area contributed by atoms with Gasteiger partial charge in [-0.25, -0.2) is 4.98 Å². The van der Waals surface area contributed by atoms with Gasteiger partial charge in [-0.05, 0) is 54.4 Å². The quantitative estimate of drug-likeness (QED) is 0.492.